The Morgan fingerprint density at radius 1 is 1.24 bits per heavy atom. The average molecular weight is 401 g/mol. The molecule has 8 nitrogen and oxygen atoms in total. The van der Waals surface area contributed by atoms with E-state index in [9.17, 15) is 4.79 Å². The number of likely N-dealkylation sites (tertiary alicyclic amines) is 1. The maximum absolute atomic E-state index is 13.2. The number of aromatic amines is 1. The van der Waals surface area contributed by atoms with E-state index in [1.54, 1.807) is 0 Å². The maximum Gasteiger partial charge on any atom is 0.223 e. The van der Waals surface area contributed by atoms with E-state index in [0.29, 0.717) is 19.6 Å². The van der Waals surface area contributed by atoms with Crippen molar-refractivity contribution in [1.82, 2.24) is 29.8 Å². The summed E-state index contributed by atoms with van der Waals surface area (Å²) in [5.41, 5.74) is 2.21. The van der Waals surface area contributed by atoms with Gasteiger partial charge in [-0.25, -0.2) is 0 Å². The van der Waals surface area contributed by atoms with Crippen LogP contribution in [0.3, 0.4) is 0 Å². The lowest BCUT2D eigenvalue weighted by Gasteiger charge is -2.43. The summed E-state index contributed by atoms with van der Waals surface area (Å²) in [6, 6.07) is -0.0687. The van der Waals surface area contributed by atoms with Crippen LogP contribution in [0.2, 0.25) is 0 Å². The van der Waals surface area contributed by atoms with Crippen molar-refractivity contribution < 1.29 is 9.53 Å². The van der Waals surface area contributed by atoms with Gasteiger partial charge in [-0.2, -0.15) is 10.2 Å². The summed E-state index contributed by atoms with van der Waals surface area (Å²) in [5, 5.41) is 11.2. The fourth-order valence-corrected chi connectivity index (χ4v) is 4.55. The summed E-state index contributed by atoms with van der Waals surface area (Å²) >= 11 is 0. The molecule has 158 valence electrons. The molecule has 0 unspecified atom stereocenters. The Hall–Kier alpha value is -2.19. The highest BCUT2D eigenvalue weighted by atomic mass is 16.5. The van der Waals surface area contributed by atoms with Crippen LogP contribution >= 0.6 is 0 Å². The van der Waals surface area contributed by atoms with Gasteiger partial charge in [0, 0.05) is 44.5 Å². The van der Waals surface area contributed by atoms with Crippen molar-refractivity contribution in [1.29, 1.82) is 0 Å². The molecule has 2 aliphatic heterocycles. The van der Waals surface area contributed by atoms with Gasteiger partial charge in [0.15, 0.2) is 0 Å². The van der Waals surface area contributed by atoms with Gasteiger partial charge >= 0.3 is 0 Å². The molecular weight excluding hydrogens is 368 g/mol. The van der Waals surface area contributed by atoms with Crippen molar-refractivity contribution in [3.8, 4) is 0 Å². The van der Waals surface area contributed by atoms with Crippen LogP contribution < -0.4 is 0 Å². The highest BCUT2D eigenvalue weighted by Crippen LogP contribution is 2.31. The number of aryl methyl sites for hydroxylation is 2. The first-order chi connectivity index (χ1) is 14.2. The topological polar surface area (TPSA) is 79.3 Å². The fraction of sp³-hybridized carbons (Fsp3) is 0.667. The second-order valence-corrected chi connectivity index (χ2v) is 8.21. The summed E-state index contributed by atoms with van der Waals surface area (Å²) in [5.74, 6) is 0.203. The maximum atomic E-state index is 13.2. The second-order valence-electron chi connectivity index (χ2n) is 8.21. The van der Waals surface area contributed by atoms with Gasteiger partial charge in [0.05, 0.1) is 31.1 Å². The van der Waals surface area contributed by atoms with Crippen LogP contribution in [0.25, 0.3) is 0 Å². The van der Waals surface area contributed by atoms with E-state index in [-0.39, 0.29) is 18.1 Å². The number of ether oxygens (including phenoxy) is 1. The molecule has 2 aromatic heterocycles. The zero-order valence-electron chi connectivity index (χ0n) is 17.3. The number of carbonyl (C=O) groups is 1. The molecule has 0 bridgehead atoms. The molecule has 0 aliphatic carbocycles. The van der Waals surface area contributed by atoms with Gasteiger partial charge in [-0.05, 0) is 44.3 Å². The van der Waals surface area contributed by atoms with E-state index >= 15 is 0 Å². The molecule has 1 amide bonds. The summed E-state index contributed by atoms with van der Waals surface area (Å²) in [6.07, 6.45) is 13.7. The molecule has 29 heavy (non-hydrogen) atoms. The molecular formula is C21H32N6O2. The van der Waals surface area contributed by atoms with E-state index in [2.05, 4.69) is 20.2 Å². The van der Waals surface area contributed by atoms with Crippen LogP contribution in [0.5, 0.6) is 0 Å². The Balaban J connectivity index is 1.45. The van der Waals surface area contributed by atoms with Crippen molar-refractivity contribution >= 4 is 5.91 Å². The number of H-pyrrole nitrogens is 1. The number of piperidine rings is 1. The third-order valence-corrected chi connectivity index (χ3v) is 6.04. The number of nitrogens with zero attached hydrogens (tertiary/aromatic N) is 5. The highest BCUT2D eigenvalue weighted by Gasteiger charge is 2.37. The molecule has 0 aromatic carbocycles. The van der Waals surface area contributed by atoms with Crippen LogP contribution in [0.1, 0.15) is 49.3 Å². The first-order valence-corrected chi connectivity index (χ1v) is 10.8. The number of aromatic nitrogens is 4. The van der Waals surface area contributed by atoms with E-state index in [0.717, 1.165) is 43.6 Å². The van der Waals surface area contributed by atoms with E-state index in [4.69, 9.17) is 4.74 Å². The monoisotopic (exact) mass is 400 g/mol. The number of carbonyl (C=O) groups excluding carboxylic acids is 1. The van der Waals surface area contributed by atoms with Crippen LogP contribution in [-0.4, -0.2) is 74.6 Å². The molecule has 1 N–H and O–H groups in total. The smallest absolute Gasteiger partial charge is 0.223 e. The Kier molecular flexibility index (Phi) is 6.61. The standard InChI is InChI=1S/C21H32N6O2/c1-25-15-18(14-24-25)21-19(16-26-8-3-2-4-9-26)29-11-10-27(21)20(28)7-5-6-17-12-22-23-13-17/h12-15,19,21H,2-11,16H2,1H3,(H,22,23)/t19-,21-/m0/s1. The first-order valence-electron chi connectivity index (χ1n) is 10.8. The predicted molar refractivity (Wildman–Crippen MR) is 109 cm³/mol. The predicted octanol–water partition coefficient (Wildman–Crippen LogP) is 1.92. The van der Waals surface area contributed by atoms with Gasteiger partial charge < -0.3 is 14.5 Å². The fourth-order valence-electron chi connectivity index (χ4n) is 4.55. The Bertz CT molecular complexity index is 768. The van der Waals surface area contributed by atoms with Gasteiger partial charge in [-0.1, -0.05) is 6.42 Å². The zero-order chi connectivity index (χ0) is 20.1. The molecule has 4 rings (SSSR count). The van der Waals surface area contributed by atoms with Crippen LogP contribution in [0, 0.1) is 0 Å². The Morgan fingerprint density at radius 3 is 2.83 bits per heavy atom. The molecule has 2 aromatic rings. The molecule has 2 fully saturated rings. The van der Waals surface area contributed by atoms with Gasteiger partial charge in [0.25, 0.3) is 0 Å². The molecule has 2 atom stereocenters. The van der Waals surface area contributed by atoms with E-state index < -0.39 is 0 Å². The molecule has 2 saturated heterocycles. The zero-order valence-corrected chi connectivity index (χ0v) is 17.3. The Labute approximate surface area is 172 Å². The summed E-state index contributed by atoms with van der Waals surface area (Å²) in [4.78, 5) is 17.7. The van der Waals surface area contributed by atoms with Crippen LogP contribution in [-0.2, 0) is 23.0 Å². The second kappa shape index (κ2) is 9.54. The summed E-state index contributed by atoms with van der Waals surface area (Å²) < 4.78 is 8.02. The molecule has 8 heteroatoms. The molecule has 0 saturated carbocycles. The minimum Gasteiger partial charge on any atom is -0.373 e. The number of hydrogen-bond acceptors (Lipinski definition) is 5. The van der Waals surface area contributed by atoms with Crippen molar-refractivity contribution in [3.63, 3.8) is 0 Å². The largest absolute Gasteiger partial charge is 0.373 e. The third kappa shape index (κ3) is 5.05. The van der Waals surface area contributed by atoms with Gasteiger partial charge in [-0.15, -0.1) is 0 Å². The van der Waals surface area contributed by atoms with Gasteiger partial charge in [0.2, 0.25) is 5.91 Å². The molecule has 2 aliphatic rings. The van der Waals surface area contributed by atoms with Crippen molar-refractivity contribution in [2.24, 2.45) is 7.05 Å². The lowest BCUT2D eigenvalue weighted by atomic mass is 9.98. The number of nitrogens with one attached hydrogen (secondary N) is 1. The van der Waals surface area contributed by atoms with E-state index in [1.807, 2.05) is 41.4 Å². The Morgan fingerprint density at radius 2 is 2.10 bits per heavy atom. The van der Waals surface area contributed by atoms with Crippen molar-refractivity contribution in [2.45, 2.75) is 50.7 Å². The lowest BCUT2D eigenvalue weighted by Crippen LogP contribution is -2.52. The first kappa shape index (κ1) is 20.1. The number of morpholine rings is 1. The minimum atomic E-state index is -0.0687. The van der Waals surface area contributed by atoms with Gasteiger partial charge in [-0.3, -0.25) is 14.6 Å². The van der Waals surface area contributed by atoms with Crippen LogP contribution in [0.15, 0.2) is 24.8 Å². The van der Waals surface area contributed by atoms with E-state index in [1.165, 1.54) is 19.3 Å². The molecule has 4 heterocycles. The number of amides is 1. The minimum absolute atomic E-state index is 0.0103. The van der Waals surface area contributed by atoms with Crippen molar-refractivity contribution in [2.75, 3.05) is 32.8 Å². The highest BCUT2D eigenvalue weighted by molar-refractivity contribution is 5.77. The van der Waals surface area contributed by atoms with Crippen molar-refractivity contribution in [3.05, 3.63) is 35.9 Å². The lowest BCUT2D eigenvalue weighted by molar-refractivity contribution is -0.148. The quantitative estimate of drug-likeness (QED) is 0.768. The SMILES string of the molecule is Cn1cc([C@H]2[C@H](CN3CCCCC3)OCCN2C(=O)CCCc2cn[nH]c2)cn1. The summed E-state index contributed by atoms with van der Waals surface area (Å²) in [7, 11) is 1.92. The van der Waals surface area contributed by atoms with Crippen LogP contribution in [0.4, 0.5) is 0 Å². The third-order valence-electron chi connectivity index (χ3n) is 6.04. The average Bonchev–Trinajstić information content (AvgIpc) is 3.40. The number of hydrogen-bond donors (Lipinski definition) is 1. The van der Waals surface area contributed by atoms with Gasteiger partial charge in [0.1, 0.15) is 0 Å². The summed E-state index contributed by atoms with van der Waals surface area (Å²) in [6.45, 7) is 4.36. The molecule has 0 spiro atoms. The normalized spacial score (nSPS) is 23.4. The molecule has 0 radical (unpaired) electrons. The number of rotatable bonds is 7.